The fourth-order valence-electron chi connectivity index (χ4n) is 0.853. The Morgan fingerprint density at radius 2 is 2.08 bits per heavy atom. The highest BCUT2D eigenvalue weighted by atomic mass is 32.2. The van der Waals surface area contributed by atoms with Gasteiger partial charge in [0, 0.05) is 12.2 Å². The molecule has 0 N–H and O–H groups in total. The molecular weight excluding hydrogens is 184 g/mol. The monoisotopic (exact) mass is 204 g/mol. The van der Waals surface area contributed by atoms with E-state index in [1.807, 2.05) is 25.6 Å². The number of hydrogen-bond acceptors (Lipinski definition) is 3. The van der Waals surface area contributed by atoms with Crippen LogP contribution >= 0.6 is 11.8 Å². The molecule has 0 atom stereocenters. The molecule has 0 bridgehead atoms. The smallest absolute Gasteiger partial charge is 0.306 e. The van der Waals surface area contributed by atoms with Crippen LogP contribution in [0, 0.1) is 5.92 Å². The van der Waals surface area contributed by atoms with Crippen LogP contribution in [0.15, 0.2) is 0 Å². The molecule has 0 aliphatic rings. The molecule has 2 nitrogen and oxygen atoms in total. The summed E-state index contributed by atoms with van der Waals surface area (Å²) in [6.07, 6.45) is 1.73. The fraction of sp³-hybridized carbons (Fsp3) is 0.900. The van der Waals surface area contributed by atoms with Crippen molar-refractivity contribution in [2.75, 3.05) is 18.1 Å². The molecule has 13 heavy (non-hydrogen) atoms. The first-order valence-electron chi connectivity index (χ1n) is 4.90. The number of esters is 1. The van der Waals surface area contributed by atoms with Crippen molar-refractivity contribution < 1.29 is 9.53 Å². The summed E-state index contributed by atoms with van der Waals surface area (Å²) < 4.78 is 5.04. The quantitative estimate of drug-likeness (QED) is 0.471. The molecule has 78 valence electrons. The van der Waals surface area contributed by atoms with Gasteiger partial charge in [0.1, 0.15) is 6.61 Å². The first kappa shape index (κ1) is 12.8. The van der Waals surface area contributed by atoms with Gasteiger partial charge in [-0.3, -0.25) is 4.79 Å². The second-order valence-electron chi connectivity index (χ2n) is 3.43. The molecule has 0 aromatic carbocycles. The minimum absolute atomic E-state index is 0.0629. The third kappa shape index (κ3) is 9.74. The molecule has 0 fully saturated rings. The van der Waals surface area contributed by atoms with E-state index in [-0.39, 0.29) is 5.97 Å². The molecule has 0 aliphatic heterocycles. The molecule has 0 rings (SSSR count). The van der Waals surface area contributed by atoms with E-state index >= 15 is 0 Å². The third-order valence-electron chi connectivity index (χ3n) is 1.41. The first-order chi connectivity index (χ1) is 6.16. The molecule has 0 radical (unpaired) electrons. The van der Waals surface area contributed by atoms with Crippen LogP contribution in [0.4, 0.5) is 0 Å². The van der Waals surface area contributed by atoms with Crippen LogP contribution in [-0.2, 0) is 9.53 Å². The van der Waals surface area contributed by atoms with E-state index < -0.39 is 0 Å². The number of thioether (sulfide) groups is 1. The van der Waals surface area contributed by atoms with Crippen LogP contribution in [0.1, 0.15) is 33.6 Å². The van der Waals surface area contributed by atoms with E-state index in [0.29, 0.717) is 18.9 Å². The second-order valence-corrected chi connectivity index (χ2v) is 4.66. The van der Waals surface area contributed by atoms with E-state index in [1.165, 1.54) is 6.42 Å². The molecule has 0 aromatic heterocycles. The number of carbonyl (C=O) groups excluding carboxylic acids is 1. The predicted molar refractivity (Wildman–Crippen MR) is 58.0 cm³/mol. The van der Waals surface area contributed by atoms with Crippen LogP contribution in [-0.4, -0.2) is 24.1 Å². The Balaban J connectivity index is 3.17. The number of carbonyl (C=O) groups is 1. The van der Waals surface area contributed by atoms with Gasteiger partial charge in [-0.2, -0.15) is 11.8 Å². The van der Waals surface area contributed by atoms with Gasteiger partial charge in [0.15, 0.2) is 0 Å². The van der Waals surface area contributed by atoms with Crippen molar-refractivity contribution in [2.24, 2.45) is 5.92 Å². The number of rotatable bonds is 7. The summed E-state index contributed by atoms with van der Waals surface area (Å²) in [4.78, 5) is 11.1. The van der Waals surface area contributed by atoms with E-state index in [0.717, 1.165) is 11.5 Å². The summed E-state index contributed by atoms with van der Waals surface area (Å²) >= 11 is 1.84. The lowest BCUT2D eigenvalue weighted by Crippen LogP contribution is -2.09. The highest BCUT2D eigenvalue weighted by Crippen LogP contribution is 2.04. The lowest BCUT2D eigenvalue weighted by molar-refractivity contribution is -0.143. The molecule has 0 aliphatic carbocycles. The predicted octanol–water partition coefficient (Wildman–Crippen LogP) is 2.72. The van der Waals surface area contributed by atoms with E-state index in [1.54, 1.807) is 0 Å². The van der Waals surface area contributed by atoms with Crippen molar-refractivity contribution in [1.29, 1.82) is 0 Å². The molecule has 0 unspecified atom stereocenters. The summed E-state index contributed by atoms with van der Waals surface area (Å²) in [5, 5.41) is 0. The van der Waals surface area contributed by atoms with E-state index in [2.05, 4.69) is 6.92 Å². The zero-order chi connectivity index (χ0) is 10.1. The summed E-state index contributed by atoms with van der Waals surface area (Å²) in [5.74, 6) is 2.42. The standard InChI is InChI=1S/C10H20O2S/c1-4-6-13-7-5-12-10(11)8-9(2)3/h9H,4-8H2,1-3H3. The van der Waals surface area contributed by atoms with E-state index in [9.17, 15) is 4.79 Å². The first-order valence-corrected chi connectivity index (χ1v) is 6.05. The average molecular weight is 204 g/mol. The van der Waals surface area contributed by atoms with Crippen LogP contribution < -0.4 is 0 Å². The summed E-state index contributed by atoms with van der Waals surface area (Å²) in [5.41, 5.74) is 0. The maximum absolute atomic E-state index is 11.1. The van der Waals surface area contributed by atoms with E-state index in [4.69, 9.17) is 4.74 Å². The molecule has 0 spiro atoms. The molecule has 0 saturated carbocycles. The van der Waals surface area contributed by atoms with Crippen molar-refractivity contribution in [2.45, 2.75) is 33.6 Å². The summed E-state index contributed by atoms with van der Waals surface area (Å²) in [7, 11) is 0. The Hall–Kier alpha value is -0.180. The van der Waals surface area contributed by atoms with Gasteiger partial charge in [0.25, 0.3) is 0 Å². The lowest BCUT2D eigenvalue weighted by Gasteiger charge is -2.05. The zero-order valence-corrected chi connectivity index (χ0v) is 9.65. The summed E-state index contributed by atoms with van der Waals surface area (Å²) in [6, 6.07) is 0. The number of ether oxygens (including phenoxy) is 1. The van der Waals surface area contributed by atoms with Gasteiger partial charge in [-0.1, -0.05) is 20.8 Å². The Bertz CT molecular complexity index is 135. The largest absolute Gasteiger partial charge is 0.465 e. The Kier molecular flexibility index (Phi) is 8.30. The molecule has 0 saturated heterocycles. The van der Waals surface area contributed by atoms with Crippen molar-refractivity contribution in [3.63, 3.8) is 0 Å². The van der Waals surface area contributed by atoms with Gasteiger partial charge in [-0.25, -0.2) is 0 Å². The van der Waals surface area contributed by atoms with Crippen LogP contribution in [0.2, 0.25) is 0 Å². The van der Waals surface area contributed by atoms with Gasteiger partial charge in [0.2, 0.25) is 0 Å². The van der Waals surface area contributed by atoms with Crippen molar-refractivity contribution in [3.05, 3.63) is 0 Å². The minimum Gasteiger partial charge on any atom is -0.465 e. The molecular formula is C10H20O2S. The van der Waals surface area contributed by atoms with Crippen molar-refractivity contribution >= 4 is 17.7 Å². The van der Waals surface area contributed by atoms with Crippen LogP contribution in [0.3, 0.4) is 0 Å². The maximum atomic E-state index is 11.1. The lowest BCUT2D eigenvalue weighted by atomic mass is 10.1. The van der Waals surface area contributed by atoms with Crippen molar-refractivity contribution in [1.82, 2.24) is 0 Å². The highest BCUT2D eigenvalue weighted by Gasteiger charge is 2.04. The van der Waals surface area contributed by atoms with Gasteiger partial charge >= 0.3 is 5.97 Å². The van der Waals surface area contributed by atoms with Gasteiger partial charge in [0.05, 0.1) is 0 Å². The fourth-order valence-corrected chi connectivity index (χ4v) is 1.55. The molecule has 3 heteroatoms. The normalized spacial score (nSPS) is 10.5. The molecule has 0 heterocycles. The SMILES string of the molecule is CCCSCCOC(=O)CC(C)C. The van der Waals surface area contributed by atoms with Crippen LogP contribution in [0.25, 0.3) is 0 Å². The van der Waals surface area contributed by atoms with Crippen molar-refractivity contribution in [3.8, 4) is 0 Å². The summed E-state index contributed by atoms with van der Waals surface area (Å²) in [6.45, 7) is 6.76. The second kappa shape index (κ2) is 8.42. The Morgan fingerprint density at radius 3 is 2.62 bits per heavy atom. The maximum Gasteiger partial charge on any atom is 0.306 e. The third-order valence-corrected chi connectivity index (χ3v) is 2.57. The molecule has 0 aromatic rings. The number of hydrogen-bond donors (Lipinski definition) is 0. The minimum atomic E-state index is -0.0629. The van der Waals surface area contributed by atoms with Gasteiger partial charge in [-0.05, 0) is 18.1 Å². The van der Waals surface area contributed by atoms with Gasteiger partial charge < -0.3 is 4.74 Å². The highest BCUT2D eigenvalue weighted by molar-refractivity contribution is 7.99. The average Bonchev–Trinajstić information content (AvgIpc) is 2.02. The topological polar surface area (TPSA) is 26.3 Å². The van der Waals surface area contributed by atoms with Crippen LogP contribution in [0.5, 0.6) is 0 Å². The Morgan fingerprint density at radius 1 is 1.38 bits per heavy atom. The zero-order valence-electron chi connectivity index (χ0n) is 8.84. The van der Waals surface area contributed by atoms with Gasteiger partial charge in [-0.15, -0.1) is 0 Å². The Labute approximate surface area is 85.4 Å². The molecule has 0 amide bonds.